The van der Waals surface area contributed by atoms with Gasteiger partial charge >= 0.3 is 0 Å². The molecule has 3 aromatic rings. The highest BCUT2D eigenvalue weighted by atomic mass is 79.9. The molecule has 1 aromatic carbocycles. The molecule has 3 nitrogen and oxygen atoms in total. The summed E-state index contributed by atoms with van der Waals surface area (Å²) < 4.78 is 2.24. The number of piperidine rings is 1. The highest BCUT2D eigenvalue weighted by molar-refractivity contribution is 9.10. The lowest BCUT2D eigenvalue weighted by molar-refractivity contribution is 0.569. The van der Waals surface area contributed by atoms with Crippen LogP contribution in [0.15, 0.2) is 34.1 Å². The molecule has 126 valence electrons. The molecule has 0 unspecified atom stereocenters. The van der Waals surface area contributed by atoms with E-state index in [1.165, 1.54) is 40.7 Å². The fraction of sp³-hybridized carbons (Fsp3) is 0.300. The van der Waals surface area contributed by atoms with E-state index in [-0.39, 0.29) is 0 Å². The summed E-state index contributed by atoms with van der Waals surface area (Å²) in [5.41, 5.74) is 6.04. The van der Waals surface area contributed by atoms with E-state index in [4.69, 9.17) is 9.97 Å². The van der Waals surface area contributed by atoms with Crippen LogP contribution in [-0.4, -0.2) is 23.1 Å². The number of hydrogen-bond donors (Lipinski definition) is 0. The number of allylic oxidation sites excluding steroid dienone is 1. The topological polar surface area (TPSA) is 29.0 Å². The Kier molecular flexibility index (Phi) is 3.86. The van der Waals surface area contributed by atoms with Crippen molar-refractivity contribution in [2.24, 2.45) is 0 Å². The molecule has 1 saturated heterocycles. The van der Waals surface area contributed by atoms with Gasteiger partial charge in [-0.3, -0.25) is 0 Å². The smallest absolute Gasteiger partial charge is 0.226 e. The molecule has 0 saturated carbocycles. The first-order valence-corrected chi connectivity index (χ1v) is 10.5. The highest BCUT2D eigenvalue weighted by Crippen LogP contribution is 2.40. The highest BCUT2D eigenvalue weighted by Gasteiger charge is 2.21. The Morgan fingerprint density at radius 3 is 2.84 bits per heavy atom. The van der Waals surface area contributed by atoms with Gasteiger partial charge in [-0.15, -0.1) is 11.3 Å². The first-order chi connectivity index (χ1) is 12.3. The van der Waals surface area contributed by atoms with E-state index in [9.17, 15) is 0 Å². The van der Waals surface area contributed by atoms with Crippen LogP contribution in [0.1, 0.15) is 30.4 Å². The number of benzene rings is 1. The van der Waals surface area contributed by atoms with Crippen molar-refractivity contribution >= 4 is 49.5 Å². The van der Waals surface area contributed by atoms with Crippen LogP contribution in [0.2, 0.25) is 0 Å². The van der Waals surface area contributed by atoms with Crippen molar-refractivity contribution < 1.29 is 0 Å². The predicted octanol–water partition coefficient (Wildman–Crippen LogP) is 5.68. The molecule has 0 atom stereocenters. The van der Waals surface area contributed by atoms with Crippen molar-refractivity contribution in [1.29, 1.82) is 0 Å². The lowest BCUT2D eigenvalue weighted by atomic mass is 10.0. The molecule has 0 amide bonds. The maximum absolute atomic E-state index is 5.06. The van der Waals surface area contributed by atoms with Gasteiger partial charge in [0.2, 0.25) is 5.95 Å². The third kappa shape index (κ3) is 2.61. The van der Waals surface area contributed by atoms with Crippen LogP contribution in [0.4, 0.5) is 5.95 Å². The molecule has 5 rings (SSSR count). The molecule has 1 fully saturated rings. The molecule has 2 aromatic heterocycles. The summed E-state index contributed by atoms with van der Waals surface area (Å²) in [6, 6.07) is 6.56. The molecular weight excluding hydrogens is 394 g/mol. The van der Waals surface area contributed by atoms with Gasteiger partial charge in [0.15, 0.2) is 0 Å². The molecular formula is C20H18BrN3S. The Hall–Kier alpha value is -1.72. The zero-order valence-electron chi connectivity index (χ0n) is 13.8. The fourth-order valence-corrected chi connectivity index (χ4v) is 5.36. The monoisotopic (exact) mass is 411 g/mol. The van der Waals surface area contributed by atoms with E-state index in [0.29, 0.717) is 0 Å². The van der Waals surface area contributed by atoms with Crippen LogP contribution < -0.4 is 4.90 Å². The van der Waals surface area contributed by atoms with Crippen LogP contribution in [0.25, 0.3) is 27.6 Å². The normalized spacial score (nSPS) is 16.6. The van der Waals surface area contributed by atoms with Gasteiger partial charge in [-0.2, -0.15) is 0 Å². The Labute approximate surface area is 159 Å². The van der Waals surface area contributed by atoms with E-state index in [2.05, 4.69) is 56.6 Å². The molecule has 0 radical (unpaired) electrons. The standard InChI is InChI=1S/C20H18BrN3S/c21-16-12-25-19-17(15-9-5-7-13-6-4-8-14(13)15)22-20(23-18(16)19)24-10-2-1-3-11-24/h4-5,7-9,12H,1-3,6,10-11H2. The summed E-state index contributed by atoms with van der Waals surface area (Å²) in [4.78, 5) is 12.3. The Balaban J connectivity index is 1.74. The van der Waals surface area contributed by atoms with E-state index >= 15 is 0 Å². The van der Waals surface area contributed by atoms with Gasteiger partial charge in [-0.05, 0) is 52.7 Å². The molecule has 0 spiro atoms. The van der Waals surface area contributed by atoms with E-state index in [1.807, 2.05) is 0 Å². The zero-order chi connectivity index (χ0) is 16.8. The predicted molar refractivity (Wildman–Crippen MR) is 109 cm³/mol. The third-order valence-electron chi connectivity index (χ3n) is 5.07. The van der Waals surface area contributed by atoms with Crippen LogP contribution in [0, 0.1) is 0 Å². The SMILES string of the molecule is Brc1csc2c(-c3cccc4c3C=CC4)nc(N3CCCCC3)nc12. The summed E-state index contributed by atoms with van der Waals surface area (Å²) in [7, 11) is 0. The number of thiophene rings is 1. The largest absolute Gasteiger partial charge is 0.341 e. The summed E-state index contributed by atoms with van der Waals surface area (Å²) >= 11 is 5.40. The van der Waals surface area contributed by atoms with E-state index in [0.717, 1.165) is 41.1 Å². The molecule has 5 heteroatoms. The molecule has 3 heterocycles. The molecule has 0 bridgehead atoms. The van der Waals surface area contributed by atoms with Gasteiger partial charge in [0.25, 0.3) is 0 Å². The maximum Gasteiger partial charge on any atom is 0.226 e. The second-order valence-electron chi connectivity index (χ2n) is 6.67. The van der Waals surface area contributed by atoms with Crippen LogP contribution in [-0.2, 0) is 6.42 Å². The first kappa shape index (κ1) is 15.5. The number of hydrogen-bond acceptors (Lipinski definition) is 4. The van der Waals surface area contributed by atoms with Gasteiger partial charge < -0.3 is 4.90 Å². The fourth-order valence-electron chi connectivity index (χ4n) is 3.79. The average Bonchev–Trinajstić information content (AvgIpc) is 3.28. The number of fused-ring (bicyclic) bond motifs is 2. The summed E-state index contributed by atoms with van der Waals surface area (Å²) in [5.74, 6) is 0.876. The van der Waals surface area contributed by atoms with Crippen LogP contribution in [0.5, 0.6) is 0 Å². The molecule has 1 aliphatic carbocycles. The van der Waals surface area contributed by atoms with Crippen LogP contribution >= 0.6 is 27.3 Å². The van der Waals surface area contributed by atoms with Gasteiger partial charge in [0, 0.05) is 24.0 Å². The molecule has 0 N–H and O–H groups in total. The molecule has 2 aliphatic rings. The summed E-state index contributed by atoms with van der Waals surface area (Å²) in [5, 5.41) is 2.13. The maximum atomic E-state index is 5.06. The Morgan fingerprint density at radius 2 is 1.96 bits per heavy atom. The summed E-state index contributed by atoms with van der Waals surface area (Å²) in [6.07, 6.45) is 9.26. The quantitative estimate of drug-likeness (QED) is 0.542. The van der Waals surface area contributed by atoms with E-state index < -0.39 is 0 Å². The van der Waals surface area contributed by atoms with Crippen molar-refractivity contribution in [3.63, 3.8) is 0 Å². The molecule has 1 aliphatic heterocycles. The van der Waals surface area contributed by atoms with Gasteiger partial charge in [-0.1, -0.05) is 30.4 Å². The van der Waals surface area contributed by atoms with Crippen molar-refractivity contribution in [2.45, 2.75) is 25.7 Å². The minimum Gasteiger partial charge on any atom is -0.341 e. The number of aromatic nitrogens is 2. The number of rotatable bonds is 2. The second-order valence-corrected chi connectivity index (χ2v) is 8.40. The van der Waals surface area contributed by atoms with Crippen molar-refractivity contribution in [3.8, 4) is 11.3 Å². The number of nitrogens with zero attached hydrogens (tertiary/aromatic N) is 3. The minimum atomic E-state index is 0.876. The lowest BCUT2D eigenvalue weighted by Gasteiger charge is -2.27. The van der Waals surface area contributed by atoms with Gasteiger partial charge in [0.1, 0.15) is 5.52 Å². The lowest BCUT2D eigenvalue weighted by Crippen LogP contribution is -2.31. The average molecular weight is 412 g/mol. The van der Waals surface area contributed by atoms with Gasteiger partial charge in [0.05, 0.1) is 14.9 Å². The van der Waals surface area contributed by atoms with Crippen LogP contribution in [0.3, 0.4) is 0 Å². The van der Waals surface area contributed by atoms with Crippen molar-refractivity contribution in [2.75, 3.05) is 18.0 Å². The Morgan fingerprint density at radius 1 is 1.08 bits per heavy atom. The Bertz CT molecular complexity index is 986. The molecule has 25 heavy (non-hydrogen) atoms. The summed E-state index contributed by atoms with van der Waals surface area (Å²) in [6.45, 7) is 2.11. The number of halogens is 1. The van der Waals surface area contributed by atoms with Gasteiger partial charge in [-0.25, -0.2) is 9.97 Å². The van der Waals surface area contributed by atoms with E-state index in [1.54, 1.807) is 11.3 Å². The van der Waals surface area contributed by atoms with Crippen molar-refractivity contribution in [1.82, 2.24) is 9.97 Å². The third-order valence-corrected chi connectivity index (χ3v) is 6.96. The van der Waals surface area contributed by atoms with Crippen molar-refractivity contribution in [3.05, 3.63) is 45.3 Å². The first-order valence-electron chi connectivity index (χ1n) is 8.80. The zero-order valence-corrected chi connectivity index (χ0v) is 16.2. The minimum absolute atomic E-state index is 0.876. The number of anilines is 1. The second kappa shape index (κ2) is 6.22.